The average molecular weight is 192 g/mol. The standard InChI is InChI=1S/C8H16O3S/c1-2-7(6-9)8-4-3-5-12(8,10)11/h7-9H,2-6H2,1H3. The van der Waals surface area contributed by atoms with Gasteiger partial charge in [-0.1, -0.05) is 6.92 Å². The summed E-state index contributed by atoms with van der Waals surface area (Å²) in [5, 5.41) is 8.68. The molecule has 12 heavy (non-hydrogen) atoms. The lowest BCUT2D eigenvalue weighted by Gasteiger charge is -2.18. The molecule has 1 N–H and O–H groups in total. The van der Waals surface area contributed by atoms with Gasteiger partial charge in [0.25, 0.3) is 0 Å². The van der Waals surface area contributed by atoms with Gasteiger partial charge in [0, 0.05) is 6.61 Å². The van der Waals surface area contributed by atoms with Crippen molar-refractivity contribution in [3.63, 3.8) is 0 Å². The van der Waals surface area contributed by atoms with Crippen molar-refractivity contribution in [1.82, 2.24) is 0 Å². The van der Waals surface area contributed by atoms with Crippen LogP contribution >= 0.6 is 0 Å². The molecule has 0 spiro atoms. The van der Waals surface area contributed by atoms with E-state index < -0.39 is 9.84 Å². The fourth-order valence-corrected chi connectivity index (χ4v) is 4.12. The van der Waals surface area contributed by atoms with Crippen LogP contribution in [0.4, 0.5) is 0 Å². The SMILES string of the molecule is CCC(CO)C1CCCS1(=O)=O. The maximum atomic E-state index is 11.4. The lowest BCUT2D eigenvalue weighted by atomic mass is 10.0. The number of hydrogen-bond acceptors (Lipinski definition) is 3. The van der Waals surface area contributed by atoms with Crippen molar-refractivity contribution < 1.29 is 13.5 Å². The highest BCUT2D eigenvalue weighted by molar-refractivity contribution is 7.92. The van der Waals surface area contributed by atoms with Crippen LogP contribution in [0.3, 0.4) is 0 Å². The second kappa shape index (κ2) is 3.75. The van der Waals surface area contributed by atoms with E-state index in [9.17, 15) is 8.42 Å². The first-order valence-corrected chi connectivity index (χ1v) is 6.15. The third-order valence-electron chi connectivity index (χ3n) is 2.66. The normalized spacial score (nSPS) is 30.3. The van der Waals surface area contributed by atoms with Gasteiger partial charge in [-0.2, -0.15) is 0 Å². The van der Waals surface area contributed by atoms with E-state index in [4.69, 9.17) is 5.11 Å². The predicted octanol–water partition coefficient (Wildman–Crippen LogP) is 0.582. The molecule has 0 amide bonds. The summed E-state index contributed by atoms with van der Waals surface area (Å²) in [6, 6.07) is 0. The smallest absolute Gasteiger partial charge is 0.153 e. The van der Waals surface area contributed by atoms with Crippen LogP contribution in [0.2, 0.25) is 0 Å². The zero-order chi connectivity index (χ0) is 9.19. The molecule has 72 valence electrons. The minimum absolute atomic E-state index is 0.000394. The molecule has 0 aromatic rings. The van der Waals surface area contributed by atoms with Crippen molar-refractivity contribution >= 4 is 9.84 Å². The molecule has 0 radical (unpaired) electrons. The van der Waals surface area contributed by atoms with Crippen molar-refractivity contribution in [2.75, 3.05) is 12.4 Å². The summed E-state index contributed by atoms with van der Waals surface area (Å²) in [4.78, 5) is 0. The van der Waals surface area contributed by atoms with E-state index in [1.807, 2.05) is 6.92 Å². The summed E-state index contributed by atoms with van der Waals surface area (Å²) in [7, 11) is -2.87. The highest BCUT2D eigenvalue weighted by Crippen LogP contribution is 2.28. The quantitative estimate of drug-likeness (QED) is 0.711. The number of hydrogen-bond donors (Lipinski definition) is 1. The highest BCUT2D eigenvalue weighted by Gasteiger charge is 2.36. The van der Waals surface area contributed by atoms with Gasteiger partial charge in [-0.3, -0.25) is 0 Å². The van der Waals surface area contributed by atoms with Gasteiger partial charge in [0.1, 0.15) is 0 Å². The molecule has 2 atom stereocenters. The molecule has 3 nitrogen and oxygen atoms in total. The molecule has 1 rings (SSSR count). The number of aliphatic hydroxyl groups excluding tert-OH is 1. The molecule has 1 fully saturated rings. The number of sulfone groups is 1. The van der Waals surface area contributed by atoms with Crippen LogP contribution in [0.1, 0.15) is 26.2 Å². The van der Waals surface area contributed by atoms with Crippen molar-refractivity contribution in [3.8, 4) is 0 Å². The van der Waals surface area contributed by atoms with Crippen LogP contribution < -0.4 is 0 Å². The Kier molecular flexibility index (Phi) is 3.12. The molecular weight excluding hydrogens is 176 g/mol. The Bertz CT molecular complexity index is 229. The lowest BCUT2D eigenvalue weighted by molar-refractivity contribution is 0.216. The van der Waals surface area contributed by atoms with Gasteiger partial charge in [0.15, 0.2) is 9.84 Å². The summed E-state index contributed by atoms with van der Waals surface area (Å²) >= 11 is 0. The fraction of sp³-hybridized carbons (Fsp3) is 1.00. The Morgan fingerprint density at radius 1 is 1.58 bits per heavy atom. The maximum absolute atomic E-state index is 11.4. The van der Waals surface area contributed by atoms with Crippen molar-refractivity contribution in [3.05, 3.63) is 0 Å². The fourth-order valence-electron chi connectivity index (χ4n) is 1.86. The lowest BCUT2D eigenvalue weighted by Crippen LogP contribution is -2.28. The van der Waals surface area contributed by atoms with Gasteiger partial charge in [-0.05, 0) is 25.2 Å². The van der Waals surface area contributed by atoms with Crippen molar-refractivity contribution in [2.45, 2.75) is 31.4 Å². The van der Waals surface area contributed by atoms with Crippen LogP contribution in [0.5, 0.6) is 0 Å². The van der Waals surface area contributed by atoms with Crippen molar-refractivity contribution in [2.24, 2.45) is 5.92 Å². The molecule has 0 saturated carbocycles. The van der Waals surface area contributed by atoms with Crippen LogP contribution in [0.15, 0.2) is 0 Å². The highest BCUT2D eigenvalue weighted by atomic mass is 32.2. The Morgan fingerprint density at radius 2 is 2.25 bits per heavy atom. The van der Waals surface area contributed by atoms with E-state index in [-0.39, 0.29) is 17.8 Å². The average Bonchev–Trinajstić information content (AvgIpc) is 2.34. The molecular formula is C8H16O3S. The van der Waals surface area contributed by atoms with Gasteiger partial charge in [0.05, 0.1) is 11.0 Å². The maximum Gasteiger partial charge on any atom is 0.153 e. The predicted molar refractivity (Wildman–Crippen MR) is 47.7 cm³/mol. The minimum atomic E-state index is -2.87. The first kappa shape index (κ1) is 9.99. The van der Waals surface area contributed by atoms with E-state index in [1.165, 1.54) is 0 Å². The summed E-state index contributed by atoms with van der Waals surface area (Å²) in [5.41, 5.74) is 0. The third-order valence-corrected chi connectivity index (χ3v) is 5.06. The summed E-state index contributed by atoms with van der Waals surface area (Å²) < 4.78 is 22.8. The van der Waals surface area contributed by atoms with Gasteiger partial charge in [0.2, 0.25) is 0 Å². The van der Waals surface area contributed by atoms with E-state index in [0.29, 0.717) is 5.75 Å². The number of aliphatic hydroxyl groups is 1. The third kappa shape index (κ3) is 1.80. The molecule has 0 aromatic heterocycles. The first-order valence-electron chi connectivity index (χ1n) is 4.44. The zero-order valence-corrected chi connectivity index (χ0v) is 8.18. The van der Waals surface area contributed by atoms with E-state index in [0.717, 1.165) is 19.3 Å². The van der Waals surface area contributed by atoms with Gasteiger partial charge in [-0.15, -0.1) is 0 Å². The van der Waals surface area contributed by atoms with Crippen LogP contribution in [0, 0.1) is 5.92 Å². The van der Waals surface area contributed by atoms with E-state index in [2.05, 4.69) is 0 Å². The van der Waals surface area contributed by atoms with Crippen molar-refractivity contribution in [1.29, 1.82) is 0 Å². The Labute approximate surface area is 73.7 Å². The molecule has 0 aliphatic carbocycles. The number of rotatable bonds is 3. The summed E-state index contributed by atoms with van der Waals surface area (Å²) in [5.74, 6) is 0.270. The molecule has 0 aromatic carbocycles. The molecule has 0 bridgehead atoms. The largest absolute Gasteiger partial charge is 0.396 e. The molecule has 1 aliphatic rings. The summed E-state index contributed by atoms with van der Waals surface area (Å²) in [6.45, 7) is 1.93. The molecule has 1 aliphatic heterocycles. The molecule has 1 heterocycles. The molecule has 4 heteroatoms. The van der Waals surface area contributed by atoms with Gasteiger partial charge < -0.3 is 5.11 Å². The Morgan fingerprint density at radius 3 is 2.58 bits per heavy atom. The van der Waals surface area contributed by atoms with E-state index >= 15 is 0 Å². The first-order chi connectivity index (χ1) is 5.61. The Hall–Kier alpha value is -0.0900. The second-order valence-electron chi connectivity index (χ2n) is 3.40. The van der Waals surface area contributed by atoms with Gasteiger partial charge in [-0.25, -0.2) is 8.42 Å². The molecule has 1 saturated heterocycles. The topological polar surface area (TPSA) is 54.4 Å². The van der Waals surface area contributed by atoms with Crippen LogP contribution in [0.25, 0.3) is 0 Å². The second-order valence-corrected chi connectivity index (χ2v) is 5.74. The van der Waals surface area contributed by atoms with Gasteiger partial charge >= 0.3 is 0 Å². The monoisotopic (exact) mass is 192 g/mol. The zero-order valence-electron chi connectivity index (χ0n) is 7.36. The van der Waals surface area contributed by atoms with Crippen LogP contribution in [-0.2, 0) is 9.84 Å². The van der Waals surface area contributed by atoms with Crippen LogP contribution in [-0.4, -0.2) is 31.1 Å². The summed E-state index contributed by atoms with van der Waals surface area (Å²) in [6.07, 6.45) is 2.26. The minimum Gasteiger partial charge on any atom is -0.396 e. The Balaban J connectivity index is 2.74. The molecule has 2 unspecified atom stereocenters. The van der Waals surface area contributed by atoms with E-state index in [1.54, 1.807) is 0 Å².